The standard InChI is InChI=1S/C20H23N3O5S/c1-15(19(21)24)28-20(25)16-6-5-9-18(14-16)29(26,27)23-12-10-22(11-13-23)17-7-3-2-4-8-17/h2-9,14-15H,10-13H2,1H3,(H2,21,24). The number of esters is 1. The molecule has 1 unspecified atom stereocenters. The van der Waals surface area contributed by atoms with E-state index in [1.54, 1.807) is 0 Å². The van der Waals surface area contributed by atoms with E-state index in [2.05, 4.69) is 4.90 Å². The van der Waals surface area contributed by atoms with Crippen molar-refractivity contribution < 1.29 is 22.7 Å². The van der Waals surface area contributed by atoms with E-state index in [0.717, 1.165) is 5.69 Å². The van der Waals surface area contributed by atoms with Crippen molar-refractivity contribution in [3.63, 3.8) is 0 Å². The van der Waals surface area contributed by atoms with Crippen LogP contribution in [-0.4, -0.2) is 56.9 Å². The minimum atomic E-state index is -3.76. The molecule has 0 aliphatic carbocycles. The normalized spacial score (nSPS) is 16.2. The number of amides is 1. The Kier molecular flexibility index (Phi) is 6.19. The Bertz CT molecular complexity index is 986. The Morgan fingerprint density at radius 1 is 1.00 bits per heavy atom. The lowest BCUT2D eigenvalue weighted by molar-refractivity contribution is -0.125. The molecule has 0 radical (unpaired) electrons. The third-order valence-corrected chi connectivity index (χ3v) is 6.65. The second-order valence-electron chi connectivity index (χ2n) is 6.70. The topological polar surface area (TPSA) is 110 Å². The Hall–Kier alpha value is -2.91. The number of hydrogen-bond donors (Lipinski definition) is 1. The van der Waals surface area contributed by atoms with Gasteiger partial charge in [0.05, 0.1) is 10.5 Å². The van der Waals surface area contributed by atoms with Crippen LogP contribution in [0.5, 0.6) is 0 Å². The van der Waals surface area contributed by atoms with E-state index in [4.69, 9.17) is 10.5 Å². The predicted molar refractivity (Wildman–Crippen MR) is 108 cm³/mol. The zero-order valence-electron chi connectivity index (χ0n) is 16.0. The molecule has 1 saturated heterocycles. The van der Waals surface area contributed by atoms with Gasteiger partial charge in [0.25, 0.3) is 5.91 Å². The fourth-order valence-corrected chi connectivity index (χ4v) is 4.51. The number of carbonyl (C=O) groups is 2. The Balaban J connectivity index is 1.72. The van der Waals surface area contributed by atoms with E-state index in [1.165, 1.54) is 35.5 Å². The van der Waals surface area contributed by atoms with Gasteiger partial charge in [-0.1, -0.05) is 24.3 Å². The highest BCUT2D eigenvalue weighted by Gasteiger charge is 2.29. The SMILES string of the molecule is CC(OC(=O)c1cccc(S(=O)(=O)N2CCN(c3ccccc3)CC2)c1)C(N)=O. The summed E-state index contributed by atoms with van der Waals surface area (Å²) in [6.45, 7) is 3.17. The fraction of sp³-hybridized carbons (Fsp3) is 0.300. The average molecular weight is 417 g/mol. The van der Waals surface area contributed by atoms with Gasteiger partial charge in [-0.25, -0.2) is 13.2 Å². The molecule has 1 amide bonds. The van der Waals surface area contributed by atoms with E-state index in [-0.39, 0.29) is 10.5 Å². The summed E-state index contributed by atoms with van der Waals surface area (Å²) in [7, 11) is -3.76. The summed E-state index contributed by atoms with van der Waals surface area (Å²) >= 11 is 0. The van der Waals surface area contributed by atoms with Gasteiger partial charge in [-0.15, -0.1) is 0 Å². The van der Waals surface area contributed by atoms with Crippen molar-refractivity contribution in [2.75, 3.05) is 31.1 Å². The first-order valence-corrected chi connectivity index (χ1v) is 10.6. The second kappa shape index (κ2) is 8.62. The third kappa shape index (κ3) is 4.75. The number of para-hydroxylation sites is 1. The van der Waals surface area contributed by atoms with Gasteiger partial charge >= 0.3 is 5.97 Å². The molecule has 1 heterocycles. The molecule has 8 nitrogen and oxygen atoms in total. The molecule has 29 heavy (non-hydrogen) atoms. The number of nitrogens with two attached hydrogens (primary N) is 1. The molecule has 1 fully saturated rings. The number of nitrogens with zero attached hydrogens (tertiary/aromatic N) is 2. The van der Waals surface area contributed by atoms with E-state index in [0.29, 0.717) is 26.2 Å². The van der Waals surface area contributed by atoms with E-state index < -0.39 is 28.0 Å². The minimum absolute atomic E-state index is 0.00633. The van der Waals surface area contributed by atoms with Gasteiger partial charge in [-0.2, -0.15) is 4.31 Å². The second-order valence-corrected chi connectivity index (χ2v) is 8.64. The van der Waals surface area contributed by atoms with Gasteiger partial charge < -0.3 is 15.4 Å². The number of benzene rings is 2. The zero-order valence-corrected chi connectivity index (χ0v) is 16.8. The molecule has 9 heteroatoms. The first-order valence-electron chi connectivity index (χ1n) is 9.19. The molecule has 2 aromatic carbocycles. The number of anilines is 1. The number of sulfonamides is 1. The minimum Gasteiger partial charge on any atom is -0.449 e. The number of rotatable bonds is 6. The summed E-state index contributed by atoms with van der Waals surface area (Å²) in [5, 5.41) is 0. The highest BCUT2D eigenvalue weighted by molar-refractivity contribution is 7.89. The number of piperazine rings is 1. The van der Waals surface area contributed by atoms with Crippen molar-refractivity contribution in [2.24, 2.45) is 5.73 Å². The summed E-state index contributed by atoms with van der Waals surface area (Å²) in [4.78, 5) is 25.4. The van der Waals surface area contributed by atoms with Crippen molar-refractivity contribution in [3.8, 4) is 0 Å². The van der Waals surface area contributed by atoms with Gasteiger partial charge in [0, 0.05) is 31.9 Å². The van der Waals surface area contributed by atoms with Crippen LogP contribution in [-0.2, 0) is 19.6 Å². The van der Waals surface area contributed by atoms with Crippen LogP contribution in [0.25, 0.3) is 0 Å². The van der Waals surface area contributed by atoms with Crippen molar-refractivity contribution in [3.05, 3.63) is 60.2 Å². The molecule has 2 aromatic rings. The van der Waals surface area contributed by atoms with Crippen LogP contribution in [0.4, 0.5) is 5.69 Å². The zero-order chi connectivity index (χ0) is 21.0. The fourth-order valence-electron chi connectivity index (χ4n) is 3.04. The molecular formula is C20H23N3O5S. The summed E-state index contributed by atoms with van der Waals surface area (Å²) in [6.07, 6.45) is -1.10. The van der Waals surface area contributed by atoms with Gasteiger partial charge in [0.2, 0.25) is 10.0 Å². The lowest BCUT2D eigenvalue weighted by Crippen LogP contribution is -2.48. The molecule has 1 aliphatic heterocycles. The summed E-state index contributed by atoms with van der Waals surface area (Å²) in [5.41, 5.74) is 6.19. The van der Waals surface area contributed by atoms with Crippen molar-refractivity contribution >= 4 is 27.6 Å². The van der Waals surface area contributed by atoms with Gasteiger partial charge in [-0.3, -0.25) is 4.79 Å². The molecular weight excluding hydrogens is 394 g/mol. The lowest BCUT2D eigenvalue weighted by Gasteiger charge is -2.35. The molecule has 0 aromatic heterocycles. The van der Waals surface area contributed by atoms with Crippen LogP contribution in [0.3, 0.4) is 0 Å². The Morgan fingerprint density at radius 3 is 2.28 bits per heavy atom. The predicted octanol–water partition coefficient (Wildman–Crippen LogP) is 1.23. The average Bonchev–Trinajstić information content (AvgIpc) is 2.74. The number of carbonyl (C=O) groups excluding carboxylic acids is 2. The summed E-state index contributed by atoms with van der Waals surface area (Å²) in [5.74, 6) is -1.58. The van der Waals surface area contributed by atoms with Gasteiger partial charge in [0.1, 0.15) is 0 Å². The van der Waals surface area contributed by atoms with Crippen molar-refractivity contribution in [1.82, 2.24) is 4.31 Å². The molecule has 154 valence electrons. The molecule has 0 spiro atoms. The van der Waals surface area contributed by atoms with E-state index in [9.17, 15) is 18.0 Å². The number of hydrogen-bond acceptors (Lipinski definition) is 6. The first-order chi connectivity index (χ1) is 13.8. The highest BCUT2D eigenvalue weighted by atomic mass is 32.2. The van der Waals surface area contributed by atoms with Crippen LogP contribution in [0.1, 0.15) is 17.3 Å². The van der Waals surface area contributed by atoms with E-state index in [1.807, 2.05) is 30.3 Å². The molecule has 3 rings (SSSR count). The van der Waals surface area contributed by atoms with Crippen LogP contribution in [0.15, 0.2) is 59.5 Å². The third-order valence-electron chi connectivity index (χ3n) is 4.75. The lowest BCUT2D eigenvalue weighted by atomic mass is 10.2. The van der Waals surface area contributed by atoms with E-state index >= 15 is 0 Å². The Morgan fingerprint density at radius 2 is 1.66 bits per heavy atom. The van der Waals surface area contributed by atoms with Crippen molar-refractivity contribution in [1.29, 1.82) is 0 Å². The smallest absolute Gasteiger partial charge is 0.338 e. The quantitative estimate of drug-likeness (QED) is 0.708. The maximum absolute atomic E-state index is 13.0. The highest BCUT2D eigenvalue weighted by Crippen LogP contribution is 2.22. The monoisotopic (exact) mass is 417 g/mol. The maximum atomic E-state index is 13.0. The molecule has 0 bridgehead atoms. The molecule has 0 saturated carbocycles. The number of primary amides is 1. The summed E-state index contributed by atoms with van der Waals surface area (Å²) in [6, 6.07) is 15.4. The van der Waals surface area contributed by atoms with Crippen LogP contribution in [0.2, 0.25) is 0 Å². The molecule has 1 aliphatic rings. The van der Waals surface area contributed by atoms with Gasteiger partial charge in [-0.05, 0) is 37.3 Å². The largest absolute Gasteiger partial charge is 0.449 e. The summed E-state index contributed by atoms with van der Waals surface area (Å²) < 4.78 is 32.4. The molecule has 1 atom stereocenters. The first kappa shape index (κ1) is 20.8. The van der Waals surface area contributed by atoms with Crippen LogP contribution >= 0.6 is 0 Å². The van der Waals surface area contributed by atoms with Crippen molar-refractivity contribution in [2.45, 2.75) is 17.9 Å². The molecule has 2 N–H and O–H groups in total. The van der Waals surface area contributed by atoms with Gasteiger partial charge in [0.15, 0.2) is 6.10 Å². The van der Waals surface area contributed by atoms with Crippen LogP contribution < -0.4 is 10.6 Å². The maximum Gasteiger partial charge on any atom is 0.338 e. The Labute approximate surface area is 169 Å². The number of ether oxygens (including phenoxy) is 1. The van der Waals surface area contributed by atoms with Crippen LogP contribution in [0, 0.1) is 0 Å².